The van der Waals surface area contributed by atoms with E-state index >= 15 is 0 Å². The van der Waals surface area contributed by atoms with E-state index < -0.39 is 0 Å². The number of pyridine rings is 1. The van der Waals surface area contributed by atoms with Crippen LogP contribution in [0.25, 0.3) is 11.1 Å². The van der Waals surface area contributed by atoms with Gasteiger partial charge in [-0.05, 0) is 47.7 Å². The third kappa shape index (κ3) is 3.56. The maximum atomic E-state index is 12.6. The first-order valence-electron chi connectivity index (χ1n) is 8.19. The Hall–Kier alpha value is -3.07. The lowest BCUT2D eigenvalue weighted by Crippen LogP contribution is -2.08. The average Bonchev–Trinajstić information content (AvgIpc) is 2.64. The van der Waals surface area contributed by atoms with Crippen LogP contribution < -0.4 is 0 Å². The minimum atomic E-state index is -0.0474. The fraction of sp³-hybridized carbons (Fsp3) is 0.136. The van der Waals surface area contributed by atoms with Crippen molar-refractivity contribution in [2.45, 2.75) is 20.3 Å². The molecule has 0 spiro atoms. The number of aryl methyl sites for hydroxylation is 1. The third-order valence-corrected chi connectivity index (χ3v) is 4.45. The number of hydrogen-bond acceptors (Lipinski definition) is 3. The summed E-state index contributed by atoms with van der Waals surface area (Å²) in [6.45, 7) is 3.85. The first-order valence-corrected chi connectivity index (χ1v) is 8.19. The molecule has 2 aromatic carbocycles. The normalized spacial score (nSPS) is 10.5. The van der Waals surface area contributed by atoms with Gasteiger partial charge in [0, 0.05) is 18.2 Å². The highest BCUT2D eigenvalue weighted by atomic mass is 16.1. The molecule has 0 N–H and O–H groups in total. The summed E-state index contributed by atoms with van der Waals surface area (Å²) in [6, 6.07) is 17.8. The van der Waals surface area contributed by atoms with Crippen LogP contribution in [-0.2, 0) is 6.42 Å². The molecule has 1 heterocycles. The van der Waals surface area contributed by atoms with E-state index in [2.05, 4.69) is 23.2 Å². The number of nitrogens with zero attached hydrogens (tertiary/aromatic N) is 1. The molecular formula is C22H19NO2. The van der Waals surface area contributed by atoms with Gasteiger partial charge in [-0.2, -0.15) is 0 Å². The van der Waals surface area contributed by atoms with Crippen molar-refractivity contribution >= 4 is 12.1 Å². The molecule has 3 aromatic rings. The van der Waals surface area contributed by atoms with E-state index in [1.807, 2.05) is 44.2 Å². The van der Waals surface area contributed by atoms with E-state index in [0.717, 1.165) is 34.1 Å². The molecule has 25 heavy (non-hydrogen) atoms. The molecule has 0 saturated heterocycles. The van der Waals surface area contributed by atoms with Crippen LogP contribution in [0.2, 0.25) is 0 Å². The minimum absolute atomic E-state index is 0.0474. The Balaban J connectivity index is 1.89. The van der Waals surface area contributed by atoms with Gasteiger partial charge in [0.15, 0.2) is 12.1 Å². The quantitative estimate of drug-likeness (QED) is 0.507. The van der Waals surface area contributed by atoms with Crippen LogP contribution in [-0.4, -0.2) is 17.1 Å². The second-order valence-corrected chi connectivity index (χ2v) is 6.10. The molecule has 0 aliphatic rings. The maximum absolute atomic E-state index is 12.6. The van der Waals surface area contributed by atoms with Gasteiger partial charge < -0.3 is 0 Å². The molecule has 0 saturated carbocycles. The smallest absolute Gasteiger partial charge is 0.185 e. The fourth-order valence-electron chi connectivity index (χ4n) is 2.91. The van der Waals surface area contributed by atoms with E-state index in [0.29, 0.717) is 17.7 Å². The van der Waals surface area contributed by atoms with Crippen LogP contribution in [0.5, 0.6) is 0 Å². The van der Waals surface area contributed by atoms with Crippen molar-refractivity contribution in [2.75, 3.05) is 0 Å². The van der Waals surface area contributed by atoms with Gasteiger partial charge >= 0.3 is 0 Å². The third-order valence-electron chi connectivity index (χ3n) is 4.45. The van der Waals surface area contributed by atoms with Crippen molar-refractivity contribution in [2.24, 2.45) is 0 Å². The lowest BCUT2D eigenvalue weighted by atomic mass is 9.93. The van der Waals surface area contributed by atoms with Crippen molar-refractivity contribution in [1.82, 2.24) is 4.98 Å². The summed E-state index contributed by atoms with van der Waals surface area (Å²) < 4.78 is 0. The molecule has 0 aliphatic heterocycles. The number of Topliss-reactive ketones (excluding diaryl/α,β-unsaturated/α-hetero) is 1. The molecule has 0 atom stereocenters. The summed E-state index contributed by atoms with van der Waals surface area (Å²) in [7, 11) is 0. The van der Waals surface area contributed by atoms with E-state index in [9.17, 15) is 9.59 Å². The number of aromatic nitrogens is 1. The predicted molar refractivity (Wildman–Crippen MR) is 99.0 cm³/mol. The fourth-order valence-corrected chi connectivity index (χ4v) is 2.91. The number of rotatable bonds is 5. The molecule has 3 heteroatoms. The lowest BCUT2D eigenvalue weighted by Gasteiger charge is -2.11. The highest BCUT2D eigenvalue weighted by molar-refractivity contribution is 5.96. The number of carbonyl (C=O) groups is 2. The van der Waals surface area contributed by atoms with Gasteiger partial charge in [0.05, 0.1) is 0 Å². The zero-order chi connectivity index (χ0) is 17.8. The molecule has 0 unspecified atom stereocenters. The van der Waals surface area contributed by atoms with Gasteiger partial charge in [-0.1, -0.05) is 48.5 Å². The molecule has 0 bridgehead atoms. The van der Waals surface area contributed by atoms with Crippen molar-refractivity contribution in [3.63, 3.8) is 0 Å². The molecule has 0 fully saturated rings. The Bertz CT molecular complexity index is 930. The summed E-state index contributed by atoms with van der Waals surface area (Å²) in [5.74, 6) is -0.0474. The molecule has 3 rings (SSSR count). The van der Waals surface area contributed by atoms with Crippen LogP contribution in [0.1, 0.15) is 37.5 Å². The van der Waals surface area contributed by atoms with Crippen LogP contribution in [0.15, 0.2) is 60.8 Å². The maximum Gasteiger partial charge on any atom is 0.185 e. The Labute approximate surface area is 147 Å². The SMILES string of the molecule is Cc1cc(C(=O)Cc2cccc(-c3ccccc3)c2C)ncc1C=O. The summed E-state index contributed by atoms with van der Waals surface area (Å²) in [5.41, 5.74) is 6.04. The largest absolute Gasteiger partial charge is 0.298 e. The lowest BCUT2D eigenvalue weighted by molar-refractivity contribution is 0.0987. The summed E-state index contributed by atoms with van der Waals surface area (Å²) in [6.07, 6.45) is 2.51. The van der Waals surface area contributed by atoms with Crippen molar-refractivity contribution in [3.05, 3.63) is 88.7 Å². The van der Waals surface area contributed by atoms with Gasteiger partial charge in [0.1, 0.15) is 5.69 Å². The number of benzene rings is 2. The number of ketones is 1. The summed E-state index contributed by atoms with van der Waals surface area (Å²) in [5, 5.41) is 0. The van der Waals surface area contributed by atoms with Gasteiger partial charge in [-0.15, -0.1) is 0 Å². The Kier molecular flexibility index (Phi) is 4.85. The zero-order valence-electron chi connectivity index (χ0n) is 14.3. The van der Waals surface area contributed by atoms with Gasteiger partial charge in [-0.25, -0.2) is 0 Å². The second kappa shape index (κ2) is 7.22. The molecule has 0 amide bonds. The first-order chi connectivity index (χ1) is 12.1. The monoisotopic (exact) mass is 329 g/mol. The van der Waals surface area contributed by atoms with E-state index in [-0.39, 0.29) is 5.78 Å². The van der Waals surface area contributed by atoms with Crippen molar-refractivity contribution < 1.29 is 9.59 Å². The van der Waals surface area contributed by atoms with Gasteiger partial charge in [0.2, 0.25) is 0 Å². The number of carbonyl (C=O) groups excluding carboxylic acids is 2. The van der Waals surface area contributed by atoms with E-state index in [4.69, 9.17) is 0 Å². The van der Waals surface area contributed by atoms with E-state index in [1.165, 1.54) is 6.20 Å². The average molecular weight is 329 g/mol. The van der Waals surface area contributed by atoms with E-state index in [1.54, 1.807) is 6.07 Å². The Morgan fingerprint density at radius 1 is 1.04 bits per heavy atom. The molecule has 1 aromatic heterocycles. The van der Waals surface area contributed by atoms with Crippen LogP contribution in [0, 0.1) is 13.8 Å². The Morgan fingerprint density at radius 3 is 2.48 bits per heavy atom. The zero-order valence-corrected chi connectivity index (χ0v) is 14.3. The summed E-state index contributed by atoms with van der Waals surface area (Å²) >= 11 is 0. The molecule has 124 valence electrons. The highest BCUT2D eigenvalue weighted by Gasteiger charge is 2.13. The van der Waals surface area contributed by atoms with Crippen LogP contribution in [0.3, 0.4) is 0 Å². The van der Waals surface area contributed by atoms with Gasteiger partial charge in [0.25, 0.3) is 0 Å². The second-order valence-electron chi connectivity index (χ2n) is 6.10. The first kappa shape index (κ1) is 16.8. The van der Waals surface area contributed by atoms with Crippen molar-refractivity contribution in [1.29, 1.82) is 0 Å². The molecular weight excluding hydrogens is 310 g/mol. The Morgan fingerprint density at radius 2 is 1.80 bits per heavy atom. The standard InChI is InChI=1S/C22H19NO2/c1-15-11-21(23-13-19(15)14-24)22(25)12-18-9-6-10-20(16(18)2)17-7-4-3-5-8-17/h3-11,13-14H,12H2,1-2H3. The van der Waals surface area contributed by atoms with Gasteiger partial charge in [-0.3, -0.25) is 14.6 Å². The summed E-state index contributed by atoms with van der Waals surface area (Å²) in [4.78, 5) is 27.6. The minimum Gasteiger partial charge on any atom is -0.298 e. The predicted octanol–water partition coefficient (Wildman–Crippen LogP) is 4.60. The molecule has 3 nitrogen and oxygen atoms in total. The number of hydrogen-bond donors (Lipinski definition) is 0. The topological polar surface area (TPSA) is 47.0 Å². The van der Waals surface area contributed by atoms with Crippen molar-refractivity contribution in [3.8, 4) is 11.1 Å². The molecule has 0 aliphatic carbocycles. The molecule has 0 radical (unpaired) electrons. The van der Waals surface area contributed by atoms with Crippen LogP contribution >= 0.6 is 0 Å². The number of aldehydes is 1. The van der Waals surface area contributed by atoms with Crippen LogP contribution in [0.4, 0.5) is 0 Å². The highest BCUT2D eigenvalue weighted by Crippen LogP contribution is 2.26.